The van der Waals surface area contributed by atoms with Crippen LogP contribution in [0.1, 0.15) is 26.2 Å². The van der Waals surface area contributed by atoms with E-state index in [9.17, 15) is 32.3 Å². The summed E-state index contributed by atoms with van der Waals surface area (Å²) in [5.74, 6) is -6.27. The molecule has 0 aromatic heterocycles. The third-order valence-electron chi connectivity index (χ3n) is 2.72. The highest BCUT2D eigenvalue weighted by Crippen LogP contribution is 2.13. The SMILES string of the molecule is CC[C@H](NC(=O)CC[C@H](N)C(=O)O)C(=O)NCC(=O)O.O=C(O)C(F)(F)F. The number of alkyl halides is 3. The highest BCUT2D eigenvalue weighted by atomic mass is 19.4. The molecule has 14 heteroatoms. The molecule has 0 bridgehead atoms. The molecule has 0 spiro atoms. The van der Waals surface area contributed by atoms with Gasteiger partial charge in [-0.05, 0) is 12.8 Å². The normalized spacial score (nSPS) is 12.6. The lowest BCUT2D eigenvalue weighted by Gasteiger charge is -2.16. The quantitative estimate of drug-likeness (QED) is 0.277. The number of hydrogen-bond acceptors (Lipinski definition) is 6. The molecule has 0 fully saturated rings. The summed E-state index contributed by atoms with van der Waals surface area (Å²) in [6.07, 6.45) is -4.98. The van der Waals surface area contributed by atoms with Crippen molar-refractivity contribution in [2.75, 3.05) is 6.54 Å². The summed E-state index contributed by atoms with van der Waals surface area (Å²) in [6, 6.07) is -2.00. The zero-order valence-corrected chi connectivity index (χ0v) is 14.1. The van der Waals surface area contributed by atoms with Crippen LogP contribution in [0, 0.1) is 0 Å². The van der Waals surface area contributed by atoms with Crippen molar-refractivity contribution in [1.82, 2.24) is 10.6 Å². The molecule has 0 aliphatic carbocycles. The molecule has 0 saturated heterocycles. The Morgan fingerprint density at radius 2 is 1.56 bits per heavy atom. The van der Waals surface area contributed by atoms with Crippen LogP contribution in [0.4, 0.5) is 13.2 Å². The Hall–Kier alpha value is -2.90. The first kappa shape index (κ1) is 26.3. The van der Waals surface area contributed by atoms with Crippen LogP contribution in [0.15, 0.2) is 0 Å². The minimum atomic E-state index is -5.08. The van der Waals surface area contributed by atoms with Crippen LogP contribution >= 0.6 is 0 Å². The Bertz CT molecular complexity index is 553. The molecule has 0 heterocycles. The van der Waals surface area contributed by atoms with Gasteiger partial charge in [-0.15, -0.1) is 0 Å². The smallest absolute Gasteiger partial charge is 0.480 e. The van der Waals surface area contributed by atoms with E-state index >= 15 is 0 Å². The molecule has 0 unspecified atom stereocenters. The van der Waals surface area contributed by atoms with Gasteiger partial charge in [0.25, 0.3) is 0 Å². The Morgan fingerprint density at radius 3 is 1.89 bits per heavy atom. The fraction of sp³-hybridized carbons (Fsp3) is 0.615. The fourth-order valence-corrected chi connectivity index (χ4v) is 1.32. The molecule has 27 heavy (non-hydrogen) atoms. The van der Waals surface area contributed by atoms with E-state index < -0.39 is 54.5 Å². The summed E-state index contributed by atoms with van der Waals surface area (Å²) in [6.45, 7) is 1.11. The van der Waals surface area contributed by atoms with Crippen molar-refractivity contribution in [2.45, 2.75) is 44.4 Å². The van der Waals surface area contributed by atoms with Gasteiger partial charge in [0, 0.05) is 6.42 Å². The van der Waals surface area contributed by atoms with Gasteiger partial charge in [0.05, 0.1) is 0 Å². The molecule has 2 atom stereocenters. The summed E-state index contributed by atoms with van der Waals surface area (Å²) in [7, 11) is 0. The van der Waals surface area contributed by atoms with Crippen molar-refractivity contribution in [3.05, 3.63) is 0 Å². The van der Waals surface area contributed by atoms with E-state index in [1.165, 1.54) is 0 Å². The number of nitrogens with one attached hydrogen (secondary N) is 2. The first-order valence-corrected chi connectivity index (χ1v) is 7.29. The van der Waals surface area contributed by atoms with Gasteiger partial charge in [0.1, 0.15) is 18.6 Å². The molecule has 0 aliphatic rings. The molecule has 11 nitrogen and oxygen atoms in total. The van der Waals surface area contributed by atoms with E-state index in [4.69, 9.17) is 25.8 Å². The van der Waals surface area contributed by atoms with E-state index in [2.05, 4.69) is 10.6 Å². The molecular formula is C13H20F3N3O8. The van der Waals surface area contributed by atoms with Crippen molar-refractivity contribution in [2.24, 2.45) is 5.73 Å². The average Bonchev–Trinajstić information content (AvgIpc) is 2.54. The summed E-state index contributed by atoms with van der Waals surface area (Å²) < 4.78 is 31.7. The lowest BCUT2D eigenvalue weighted by atomic mass is 10.1. The van der Waals surface area contributed by atoms with Gasteiger partial charge in [-0.2, -0.15) is 13.2 Å². The summed E-state index contributed by atoms with van der Waals surface area (Å²) >= 11 is 0. The van der Waals surface area contributed by atoms with E-state index in [1.54, 1.807) is 6.92 Å². The largest absolute Gasteiger partial charge is 0.490 e. The van der Waals surface area contributed by atoms with Crippen LogP contribution in [-0.4, -0.2) is 69.8 Å². The van der Waals surface area contributed by atoms with Crippen LogP contribution in [-0.2, 0) is 24.0 Å². The average molecular weight is 403 g/mol. The maximum Gasteiger partial charge on any atom is 0.490 e. The maximum absolute atomic E-state index is 11.6. The summed E-state index contributed by atoms with van der Waals surface area (Å²) in [4.78, 5) is 52.8. The number of hydrogen-bond donors (Lipinski definition) is 6. The van der Waals surface area contributed by atoms with Crippen molar-refractivity contribution in [3.8, 4) is 0 Å². The van der Waals surface area contributed by atoms with Crippen LogP contribution < -0.4 is 16.4 Å². The van der Waals surface area contributed by atoms with Gasteiger partial charge in [-0.3, -0.25) is 19.2 Å². The number of carboxylic acids is 3. The number of rotatable bonds is 9. The molecular weight excluding hydrogens is 383 g/mol. The third-order valence-corrected chi connectivity index (χ3v) is 2.72. The number of halogens is 3. The van der Waals surface area contributed by atoms with Gasteiger partial charge in [0.15, 0.2) is 0 Å². The van der Waals surface area contributed by atoms with E-state index in [0.29, 0.717) is 0 Å². The van der Waals surface area contributed by atoms with Crippen molar-refractivity contribution < 1.29 is 52.5 Å². The van der Waals surface area contributed by atoms with E-state index in [0.717, 1.165) is 0 Å². The molecule has 0 aliphatic heterocycles. The number of aliphatic carboxylic acids is 3. The Kier molecular flexibility index (Phi) is 12.1. The molecule has 0 rings (SSSR count). The van der Waals surface area contributed by atoms with E-state index in [1.807, 2.05) is 0 Å². The number of carbonyl (C=O) groups excluding carboxylic acids is 2. The predicted molar refractivity (Wildman–Crippen MR) is 81.4 cm³/mol. The standard InChI is InChI=1S/C11H19N3O6.C2HF3O2/c1-2-7(10(18)13-5-9(16)17)14-8(15)4-3-6(12)11(19)20;3-2(4,5)1(6)7/h6-7H,2-5,12H2,1H3,(H,13,18)(H,14,15)(H,16,17)(H,19,20);(H,6,7)/t6-,7-;/m0./s1. The van der Waals surface area contributed by atoms with Crippen LogP contribution in [0.5, 0.6) is 0 Å². The lowest BCUT2D eigenvalue weighted by Crippen LogP contribution is -2.47. The lowest BCUT2D eigenvalue weighted by molar-refractivity contribution is -0.192. The summed E-state index contributed by atoms with van der Waals surface area (Å²) in [5.41, 5.74) is 5.24. The summed E-state index contributed by atoms with van der Waals surface area (Å²) in [5, 5.41) is 28.6. The van der Waals surface area contributed by atoms with Gasteiger partial charge in [0.2, 0.25) is 11.8 Å². The number of nitrogens with two attached hydrogens (primary N) is 1. The zero-order chi connectivity index (χ0) is 21.8. The highest BCUT2D eigenvalue weighted by molar-refractivity contribution is 5.89. The second-order valence-corrected chi connectivity index (χ2v) is 4.93. The first-order valence-electron chi connectivity index (χ1n) is 7.29. The fourth-order valence-electron chi connectivity index (χ4n) is 1.32. The Balaban J connectivity index is 0. The minimum Gasteiger partial charge on any atom is -0.480 e. The molecule has 0 aromatic carbocycles. The zero-order valence-electron chi connectivity index (χ0n) is 14.1. The van der Waals surface area contributed by atoms with Gasteiger partial charge < -0.3 is 31.7 Å². The topological polar surface area (TPSA) is 196 Å². The predicted octanol–water partition coefficient (Wildman–Crippen LogP) is -1.09. The molecule has 0 radical (unpaired) electrons. The van der Waals surface area contributed by atoms with Crippen LogP contribution in [0.25, 0.3) is 0 Å². The van der Waals surface area contributed by atoms with Crippen LogP contribution in [0.3, 0.4) is 0 Å². The number of amides is 2. The second kappa shape index (κ2) is 12.5. The Morgan fingerprint density at radius 1 is 1.07 bits per heavy atom. The van der Waals surface area contributed by atoms with Crippen molar-refractivity contribution in [1.29, 1.82) is 0 Å². The molecule has 0 saturated carbocycles. The van der Waals surface area contributed by atoms with Crippen molar-refractivity contribution >= 4 is 29.7 Å². The van der Waals surface area contributed by atoms with Crippen molar-refractivity contribution in [3.63, 3.8) is 0 Å². The Labute approximate surface area is 150 Å². The third kappa shape index (κ3) is 14.0. The van der Waals surface area contributed by atoms with Crippen LogP contribution in [0.2, 0.25) is 0 Å². The number of carbonyl (C=O) groups is 5. The van der Waals surface area contributed by atoms with Gasteiger partial charge in [-0.25, -0.2) is 4.79 Å². The van der Waals surface area contributed by atoms with E-state index in [-0.39, 0.29) is 19.3 Å². The molecule has 0 aromatic rings. The molecule has 2 amide bonds. The second-order valence-electron chi connectivity index (χ2n) is 4.93. The maximum atomic E-state index is 11.6. The first-order chi connectivity index (χ1) is 12.2. The molecule has 156 valence electrons. The van der Waals surface area contributed by atoms with Gasteiger partial charge >= 0.3 is 24.1 Å². The molecule has 7 N–H and O–H groups in total. The highest BCUT2D eigenvalue weighted by Gasteiger charge is 2.38. The monoisotopic (exact) mass is 403 g/mol. The number of carboxylic acid groups (broad SMARTS) is 3. The van der Waals surface area contributed by atoms with Gasteiger partial charge in [-0.1, -0.05) is 6.92 Å². The minimum absolute atomic E-state index is 0.0473.